The summed E-state index contributed by atoms with van der Waals surface area (Å²) in [5.74, 6) is -0.416. The van der Waals surface area contributed by atoms with Gasteiger partial charge in [0.1, 0.15) is 5.82 Å². The molecule has 0 radical (unpaired) electrons. The van der Waals surface area contributed by atoms with E-state index in [0.717, 1.165) is 17.7 Å². The number of benzene rings is 2. The number of hydrogen-bond acceptors (Lipinski definition) is 1. The second-order valence-electron chi connectivity index (χ2n) is 4.72. The Morgan fingerprint density at radius 3 is 2.43 bits per heavy atom. The van der Waals surface area contributed by atoms with Gasteiger partial charge in [-0.25, -0.2) is 4.39 Å². The third-order valence-corrected chi connectivity index (χ3v) is 4.11. The van der Waals surface area contributed by atoms with E-state index in [1.807, 2.05) is 19.1 Å². The topological polar surface area (TPSA) is 12.0 Å². The Hall–Kier alpha value is -0.800. The lowest BCUT2D eigenvalue weighted by molar-refractivity contribution is 0.547. The van der Waals surface area contributed by atoms with Crippen LogP contribution in [0.15, 0.2) is 36.4 Å². The third kappa shape index (κ3) is 4.33. The van der Waals surface area contributed by atoms with Crippen LogP contribution in [0.5, 0.6) is 0 Å². The van der Waals surface area contributed by atoms with Gasteiger partial charge >= 0.3 is 0 Å². The smallest absolute Gasteiger partial charge is 0.141 e. The summed E-state index contributed by atoms with van der Waals surface area (Å²) in [5, 5.41) is 4.71. The van der Waals surface area contributed by atoms with E-state index in [1.165, 1.54) is 6.07 Å². The monoisotopic (exact) mass is 345 g/mol. The van der Waals surface area contributed by atoms with Crippen LogP contribution in [0.2, 0.25) is 15.1 Å². The Morgan fingerprint density at radius 2 is 1.81 bits per heavy atom. The van der Waals surface area contributed by atoms with Gasteiger partial charge < -0.3 is 5.32 Å². The maximum Gasteiger partial charge on any atom is 0.141 e. The molecule has 0 heterocycles. The van der Waals surface area contributed by atoms with Gasteiger partial charge in [0.25, 0.3) is 0 Å². The van der Waals surface area contributed by atoms with Crippen molar-refractivity contribution in [2.24, 2.45) is 0 Å². The quantitative estimate of drug-likeness (QED) is 0.734. The normalized spacial score (nSPS) is 12.4. The first-order valence-electron chi connectivity index (χ1n) is 6.63. The fraction of sp³-hybridized carbons (Fsp3) is 0.250. The summed E-state index contributed by atoms with van der Waals surface area (Å²) in [5.41, 5.74) is 1.90. The molecule has 1 unspecified atom stereocenters. The highest BCUT2D eigenvalue weighted by molar-refractivity contribution is 6.35. The number of hydrogen-bond donors (Lipinski definition) is 1. The van der Waals surface area contributed by atoms with Gasteiger partial charge in [0.15, 0.2) is 0 Å². The zero-order valence-corrected chi connectivity index (χ0v) is 13.7. The molecule has 21 heavy (non-hydrogen) atoms. The molecule has 0 fully saturated rings. The minimum atomic E-state index is -0.416. The zero-order chi connectivity index (χ0) is 15.4. The van der Waals surface area contributed by atoms with Crippen molar-refractivity contribution in [3.8, 4) is 0 Å². The van der Waals surface area contributed by atoms with Crippen LogP contribution < -0.4 is 5.32 Å². The molecule has 0 saturated carbocycles. The highest BCUT2D eigenvalue weighted by Crippen LogP contribution is 2.28. The van der Waals surface area contributed by atoms with Crippen LogP contribution in [-0.4, -0.2) is 6.54 Å². The molecule has 2 aromatic rings. The molecule has 0 aliphatic heterocycles. The summed E-state index contributed by atoms with van der Waals surface area (Å²) >= 11 is 18.0. The number of halogens is 4. The molecule has 5 heteroatoms. The predicted octanol–water partition coefficient (Wildman–Crippen LogP) is 5.68. The Balaban J connectivity index is 2.28. The molecule has 2 aromatic carbocycles. The lowest BCUT2D eigenvalue weighted by Gasteiger charge is -2.19. The lowest BCUT2D eigenvalue weighted by Crippen LogP contribution is -2.23. The van der Waals surface area contributed by atoms with E-state index in [0.29, 0.717) is 16.5 Å². The van der Waals surface area contributed by atoms with Crippen molar-refractivity contribution in [3.05, 3.63) is 68.4 Å². The first-order chi connectivity index (χ1) is 10.0. The van der Waals surface area contributed by atoms with E-state index in [9.17, 15) is 4.39 Å². The van der Waals surface area contributed by atoms with Crippen LogP contribution in [0.1, 0.15) is 24.1 Å². The second kappa shape index (κ2) is 7.46. The molecule has 0 aliphatic carbocycles. The van der Waals surface area contributed by atoms with E-state index >= 15 is 0 Å². The van der Waals surface area contributed by atoms with E-state index < -0.39 is 5.82 Å². The van der Waals surface area contributed by atoms with Gasteiger partial charge in [-0.05, 0) is 48.4 Å². The van der Waals surface area contributed by atoms with Gasteiger partial charge in [-0.1, -0.05) is 53.9 Å². The maximum atomic E-state index is 13.3. The molecule has 112 valence electrons. The molecule has 0 amide bonds. The Labute approximate surface area is 139 Å². The first-order valence-corrected chi connectivity index (χ1v) is 7.77. The SMILES string of the molecule is CCNC(Cc1ccc(Cl)cc1Cl)c1ccc(F)c(Cl)c1. The zero-order valence-electron chi connectivity index (χ0n) is 11.5. The van der Waals surface area contributed by atoms with Gasteiger partial charge in [-0.3, -0.25) is 0 Å². The Kier molecular flexibility index (Phi) is 5.88. The molecule has 1 atom stereocenters. The van der Waals surface area contributed by atoms with E-state index in [1.54, 1.807) is 18.2 Å². The van der Waals surface area contributed by atoms with Gasteiger partial charge in [-0.2, -0.15) is 0 Å². The summed E-state index contributed by atoms with van der Waals surface area (Å²) in [6.07, 6.45) is 0.672. The highest BCUT2D eigenvalue weighted by Gasteiger charge is 2.15. The highest BCUT2D eigenvalue weighted by atomic mass is 35.5. The number of likely N-dealkylation sites (N-methyl/N-ethyl adjacent to an activating group) is 1. The number of nitrogens with one attached hydrogen (secondary N) is 1. The van der Waals surface area contributed by atoms with Gasteiger partial charge in [-0.15, -0.1) is 0 Å². The van der Waals surface area contributed by atoms with Crippen molar-refractivity contribution in [1.82, 2.24) is 5.32 Å². The van der Waals surface area contributed by atoms with Crippen LogP contribution in [-0.2, 0) is 6.42 Å². The molecule has 0 saturated heterocycles. The minimum absolute atomic E-state index is 0.00627. The summed E-state index contributed by atoms with van der Waals surface area (Å²) in [6.45, 7) is 2.80. The summed E-state index contributed by atoms with van der Waals surface area (Å²) in [4.78, 5) is 0. The standard InChI is InChI=1S/C16H15Cl3FN/c1-2-21-16(11-4-6-15(20)14(19)7-11)8-10-3-5-12(17)9-13(10)18/h3-7,9,16,21H,2,8H2,1H3. The Bertz CT molecular complexity index is 631. The van der Waals surface area contributed by atoms with Gasteiger partial charge in [0, 0.05) is 16.1 Å². The molecular formula is C16H15Cl3FN. The second-order valence-corrected chi connectivity index (χ2v) is 5.97. The van der Waals surface area contributed by atoms with Crippen molar-refractivity contribution < 1.29 is 4.39 Å². The van der Waals surface area contributed by atoms with E-state index in [-0.39, 0.29) is 11.1 Å². The fourth-order valence-electron chi connectivity index (χ4n) is 2.19. The summed E-state index contributed by atoms with van der Waals surface area (Å²) in [7, 11) is 0. The van der Waals surface area contributed by atoms with Crippen molar-refractivity contribution in [2.75, 3.05) is 6.54 Å². The van der Waals surface area contributed by atoms with Crippen molar-refractivity contribution in [2.45, 2.75) is 19.4 Å². The predicted molar refractivity (Wildman–Crippen MR) is 88.0 cm³/mol. The first kappa shape index (κ1) is 16.6. The van der Waals surface area contributed by atoms with E-state index in [2.05, 4.69) is 5.32 Å². The largest absolute Gasteiger partial charge is 0.310 e. The molecule has 0 aliphatic rings. The van der Waals surface area contributed by atoms with Crippen molar-refractivity contribution in [1.29, 1.82) is 0 Å². The summed E-state index contributed by atoms with van der Waals surface area (Å²) in [6, 6.07) is 10.2. The molecule has 0 spiro atoms. The van der Waals surface area contributed by atoms with Crippen molar-refractivity contribution in [3.63, 3.8) is 0 Å². The molecule has 1 nitrogen and oxygen atoms in total. The van der Waals surface area contributed by atoms with E-state index in [4.69, 9.17) is 34.8 Å². The maximum absolute atomic E-state index is 13.3. The third-order valence-electron chi connectivity index (χ3n) is 3.24. The molecule has 0 aromatic heterocycles. The average Bonchev–Trinajstić information content (AvgIpc) is 2.44. The lowest BCUT2D eigenvalue weighted by atomic mass is 9.98. The van der Waals surface area contributed by atoms with Gasteiger partial charge in [0.2, 0.25) is 0 Å². The fourth-order valence-corrected chi connectivity index (χ4v) is 2.87. The van der Waals surface area contributed by atoms with Crippen LogP contribution in [0, 0.1) is 5.82 Å². The minimum Gasteiger partial charge on any atom is -0.310 e. The van der Waals surface area contributed by atoms with Crippen molar-refractivity contribution >= 4 is 34.8 Å². The molecule has 0 bridgehead atoms. The Morgan fingerprint density at radius 1 is 1.05 bits per heavy atom. The van der Waals surface area contributed by atoms with Gasteiger partial charge in [0.05, 0.1) is 5.02 Å². The van der Waals surface area contributed by atoms with Crippen LogP contribution in [0.4, 0.5) is 4.39 Å². The number of rotatable bonds is 5. The molecular weight excluding hydrogens is 332 g/mol. The molecule has 2 rings (SSSR count). The van der Waals surface area contributed by atoms with Crippen LogP contribution in [0.25, 0.3) is 0 Å². The van der Waals surface area contributed by atoms with Crippen LogP contribution in [0.3, 0.4) is 0 Å². The van der Waals surface area contributed by atoms with Crippen LogP contribution >= 0.6 is 34.8 Å². The average molecular weight is 347 g/mol. The summed E-state index contributed by atoms with van der Waals surface area (Å²) < 4.78 is 13.3. The molecule has 1 N–H and O–H groups in total.